The van der Waals surface area contributed by atoms with Gasteiger partial charge in [0.1, 0.15) is 0 Å². The van der Waals surface area contributed by atoms with Crippen molar-refractivity contribution in [1.29, 1.82) is 0 Å². The summed E-state index contributed by atoms with van der Waals surface area (Å²) in [5, 5.41) is 10.4. The fourth-order valence-electron chi connectivity index (χ4n) is 3.35. The summed E-state index contributed by atoms with van der Waals surface area (Å²) in [6.07, 6.45) is 8.56. The number of aryl methyl sites for hydroxylation is 1. The third kappa shape index (κ3) is 2.97. The highest BCUT2D eigenvalue weighted by Crippen LogP contribution is 2.37. The molecule has 0 spiro atoms. The number of hydrogen-bond acceptors (Lipinski definition) is 1. The zero-order valence-electron chi connectivity index (χ0n) is 13.2. The predicted molar refractivity (Wildman–Crippen MR) is 87.2 cm³/mol. The first kappa shape index (κ1) is 15.6. The molecule has 0 unspecified atom stereocenters. The van der Waals surface area contributed by atoms with Gasteiger partial charge in [-0.15, -0.1) is 0 Å². The van der Waals surface area contributed by atoms with E-state index in [0.717, 1.165) is 11.1 Å². The summed E-state index contributed by atoms with van der Waals surface area (Å²) in [5.41, 5.74) is 3.59. The predicted octanol–water partition coefficient (Wildman–Crippen LogP) is 5.25. The van der Waals surface area contributed by atoms with Crippen molar-refractivity contribution in [2.24, 2.45) is 0 Å². The molecule has 114 valence electrons. The molecule has 1 saturated carbocycles. The summed E-state index contributed by atoms with van der Waals surface area (Å²) in [5.74, 6) is -0.217. The summed E-state index contributed by atoms with van der Waals surface area (Å²) in [7, 11) is 0. The average molecular weight is 287 g/mol. The molecule has 1 aromatic heterocycles. The molecule has 0 radical (unpaired) electrons. The summed E-state index contributed by atoms with van der Waals surface area (Å²) in [6, 6.07) is 3.70. The molecule has 0 atom stereocenters. The SMILES string of the molecule is CC.Cc1c(C(=O)O)ccc2c(C3CCCCC3)c[nH]c12. The molecule has 21 heavy (non-hydrogen) atoms. The molecule has 1 aromatic carbocycles. The van der Waals surface area contributed by atoms with E-state index in [0.29, 0.717) is 11.5 Å². The topological polar surface area (TPSA) is 53.1 Å². The fourth-order valence-corrected chi connectivity index (χ4v) is 3.35. The highest BCUT2D eigenvalue weighted by Gasteiger charge is 2.20. The second kappa shape index (κ2) is 6.79. The van der Waals surface area contributed by atoms with Crippen LogP contribution in [0, 0.1) is 6.92 Å². The number of hydrogen-bond donors (Lipinski definition) is 2. The Labute approximate surface area is 126 Å². The summed E-state index contributed by atoms with van der Waals surface area (Å²) in [4.78, 5) is 14.4. The molecule has 3 nitrogen and oxygen atoms in total. The van der Waals surface area contributed by atoms with Crippen molar-refractivity contribution < 1.29 is 9.90 Å². The number of aromatic nitrogens is 1. The minimum Gasteiger partial charge on any atom is -0.478 e. The number of aromatic carboxylic acids is 1. The molecule has 1 fully saturated rings. The molecule has 3 rings (SSSR count). The van der Waals surface area contributed by atoms with Gasteiger partial charge < -0.3 is 10.1 Å². The lowest BCUT2D eigenvalue weighted by Gasteiger charge is -2.21. The van der Waals surface area contributed by atoms with Gasteiger partial charge in [-0.05, 0) is 42.9 Å². The molecule has 2 aromatic rings. The van der Waals surface area contributed by atoms with Gasteiger partial charge in [0.05, 0.1) is 5.56 Å². The fraction of sp³-hybridized carbons (Fsp3) is 0.500. The number of benzene rings is 1. The van der Waals surface area contributed by atoms with E-state index in [1.165, 1.54) is 43.1 Å². The number of rotatable bonds is 2. The van der Waals surface area contributed by atoms with Crippen LogP contribution >= 0.6 is 0 Å². The Morgan fingerprint density at radius 2 is 1.86 bits per heavy atom. The first-order chi connectivity index (χ1) is 10.2. The summed E-state index contributed by atoms with van der Waals surface area (Å²) < 4.78 is 0. The Morgan fingerprint density at radius 3 is 2.48 bits per heavy atom. The Hall–Kier alpha value is -1.77. The maximum Gasteiger partial charge on any atom is 0.336 e. The quantitative estimate of drug-likeness (QED) is 0.792. The van der Waals surface area contributed by atoms with Gasteiger partial charge >= 0.3 is 5.97 Å². The minimum absolute atomic E-state index is 0.393. The average Bonchev–Trinajstić information content (AvgIpc) is 2.95. The van der Waals surface area contributed by atoms with Crippen molar-refractivity contribution in [1.82, 2.24) is 4.98 Å². The molecule has 1 heterocycles. The van der Waals surface area contributed by atoms with Crippen molar-refractivity contribution in [2.75, 3.05) is 0 Å². The maximum absolute atomic E-state index is 11.2. The number of fused-ring (bicyclic) bond motifs is 1. The zero-order chi connectivity index (χ0) is 15.4. The molecule has 0 saturated heterocycles. The van der Waals surface area contributed by atoms with Crippen LogP contribution in [-0.2, 0) is 0 Å². The van der Waals surface area contributed by atoms with Gasteiger partial charge in [-0.1, -0.05) is 39.2 Å². The van der Waals surface area contributed by atoms with Crippen molar-refractivity contribution in [2.45, 2.75) is 58.8 Å². The molecule has 0 bridgehead atoms. The largest absolute Gasteiger partial charge is 0.478 e. The maximum atomic E-state index is 11.2. The molecule has 0 amide bonds. The van der Waals surface area contributed by atoms with E-state index in [9.17, 15) is 4.79 Å². The van der Waals surface area contributed by atoms with Gasteiger partial charge in [0.15, 0.2) is 0 Å². The van der Waals surface area contributed by atoms with Gasteiger partial charge in [0.2, 0.25) is 0 Å². The van der Waals surface area contributed by atoms with Gasteiger partial charge in [0, 0.05) is 17.1 Å². The van der Waals surface area contributed by atoms with Crippen molar-refractivity contribution >= 4 is 16.9 Å². The van der Waals surface area contributed by atoms with Crippen molar-refractivity contribution in [3.05, 3.63) is 35.0 Å². The monoisotopic (exact) mass is 287 g/mol. The van der Waals surface area contributed by atoms with E-state index < -0.39 is 5.97 Å². The Balaban J connectivity index is 0.000000774. The first-order valence-corrected chi connectivity index (χ1v) is 8.02. The van der Waals surface area contributed by atoms with Gasteiger partial charge in [-0.3, -0.25) is 0 Å². The lowest BCUT2D eigenvalue weighted by molar-refractivity contribution is 0.0696. The van der Waals surface area contributed by atoms with Crippen molar-refractivity contribution in [3.8, 4) is 0 Å². The third-order valence-corrected chi connectivity index (χ3v) is 4.42. The van der Waals surface area contributed by atoms with E-state index in [1.807, 2.05) is 26.8 Å². The molecule has 1 aliphatic carbocycles. The summed E-state index contributed by atoms with van der Waals surface area (Å²) >= 11 is 0. The third-order valence-electron chi connectivity index (χ3n) is 4.42. The zero-order valence-corrected chi connectivity index (χ0v) is 13.2. The lowest BCUT2D eigenvalue weighted by atomic mass is 9.84. The number of carbonyl (C=O) groups is 1. The number of carboxylic acid groups (broad SMARTS) is 1. The minimum atomic E-state index is -0.854. The number of H-pyrrole nitrogens is 1. The molecular formula is C18H25NO2. The molecule has 1 aliphatic rings. The highest BCUT2D eigenvalue weighted by atomic mass is 16.4. The first-order valence-electron chi connectivity index (χ1n) is 8.02. The molecule has 2 N–H and O–H groups in total. The second-order valence-electron chi connectivity index (χ2n) is 5.54. The molecule has 0 aliphatic heterocycles. The Morgan fingerprint density at radius 1 is 1.19 bits per heavy atom. The van der Waals surface area contributed by atoms with Crippen LogP contribution in [-0.4, -0.2) is 16.1 Å². The van der Waals surface area contributed by atoms with Crippen LogP contribution in [0.1, 0.15) is 73.4 Å². The second-order valence-corrected chi connectivity index (χ2v) is 5.54. The number of nitrogens with one attached hydrogen (secondary N) is 1. The normalized spacial score (nSPS) is 15.6. The van der Waals surface area contributed by atoms with E-state index >= 15 is 0 Å². The molecular weight excluding hydrogens is 262 g/mol. The Bertz CT molecular complexity index is 621. The Kier molecular flexibility index (Phi) is 5.05. The van der Waals surface area contributed by atoms with Crippen molar-refractivity contribution in [3.63, 3.8) is 0 Å². The molecule has 3 heteroatoms. The van der Waals surface area contributed by atoms with Gasteiger partial charge in [-0.25, -0.2) is 4.79 Å². The van der Waals surface area contributed by atoms with E-state index in [2.05, 4.69) is 11.2 Å². The standard InChI is InChI=1S/C16H19NO2.C2H6/c1-10-12(16(18)19)7-8-13-14(9-17-15(10)13)11-5-3-2-4-6-11;1-2/h7-9,11,17H,2-6H2,1H3,(H,18,19);1-2H3. The van der Waals surface area contributed by atoms with Crippen LogP contribution in [0.15, 0.2) is 18.3 Å². The van der Waals surface area contributed by atoms with Gasteiger partial charge in [-0.2, -0.15) is 0 Å². The van der Waals surface area contributed by atoms with Gasteiger partial charge in [0.25, 0.3) is 0 Å². The number of carboxylic acids is 1. The van der Waals surface area contributed by atoms with Crippen LogP contribution in [0.5, 0.6) is 0 Å². The number of aromatic amines is 1. The highest BCUT2D eigenvalue weighted by molar-refractivity contribution is 5.97. The van der Waals surface area contributed by atoms with Crippen LogP contribution in [0.25, 0.3) is 10.9 Å². The smallest absolute Gasteiger partial charge is 0.336 e. The van der Waals surface area contributed by atoms with Crippen LogP contribution in [0.2, 0.25) is 0 Å². The lowest BCUT2D eigenvalue weighted by Crippen LogP contribution is -2.04. The summed E-state index contributed by atoms with van der Waals surface area (Å²) in [6.45, 7) is 5.88. The van der Waals surface area contributed by atoms with E-state index in [4.69, 9.17) is 5.11 Å². The van der Waals surface area contributed by atoms with Crippen LogP contribution < -0.4 is 0 Å². The van der Waals surface area contributed by atoms with Crippen LogP contribution in [0.3, 0.4) is 0 Å². The van der Waals surface area contributed by atoms with E-state index in [1.54, 1.807) is 6.07 Å². The van der Waals surface area contributed by atoms with Crippen LogP contribution in [0.4, 0.5) is 0 Å². The van der Waals surface area contributed by atoms with E-state index in [-0.39, 0.29) is 0 Å².